The van der Waals surface area contributed by atoms with E-state index in [-0.39, 0.29) is 0 Å². The predicted octanol–water partition coefficient (Wildman–Crippen LogP) is 6.94. The van der Waals surface area contributed by atoms with Crippen molar-refractivity contribution in [3.63, 3.8) is 0 Å². The number of fused-ring (bicyclic) bond motifs is 2. The van der Waals surface area contributed by atoms with Crippen LogP contribution in [0.2, 0.25) is 0 Å². The van der Waals surface area contributed by atoms with Crippen molar-refractivity contribution in [2.24, 2.45) is 0 Å². The quantitative estimate of drug-likeness (QED) is 0.275. The lowest BCUT2D eigenvalue weighted by Gasteiger charge is -2.23. The van der Waals surface area contributed by atoms with Gasteiger partial charge in [0.05, 0.1) is 23.5 Å². The number of aromatic amines is 2. The number of hydrogen-bond donors (Lipinski definition) is 2. The maximum Gasteiger partial charge on any atom is 0.138 e. The molecule has 0 unspecified atom stereocenters. The van der Waals surface area contributed by atoms with Crippen molar-refractivity contribution < 1.29 is 4.74 Å². The summed E-state index contributed by atoms with van der Waals surface area (Å²) in [6, 6.07) is 16.6. The molecule has 1 aliphatic rings. The molecule has 1 aliphatic carbocycles. The van der Waals surface area contributed by atoms with Crippen LogP contribution in [0.25, 0.3) is 55.6 Å². The Morgan fingerprint density at radius 3 is 2.59 bits per heavy atom. The summed E-state index contributed by atoms with van der Waals surface area (Å²) in [6.07, 6.45) is 15.5. The average molecular weight is 487 g/mol. The second-order valence-corrected chi connectivity index (χ2v) is 9.67. The predicted molar refractivity (Wildman–Crippen MR) is 145 cm³/mol. The van der Waals surface area contributed by atoms with E-state index in [1.54, 1.807) is 6.20 Å². The third-order valence-corrected chi connectivity index (χ3v) is 7.22. The van der Waals surface area contributed by atoms with Gasteiger partial charge in [-0.3, -0.25) is 15.1 Å². The van der Waals surface area contributed by atoms with Gasteiger partial charge in [0, 0.05) is 46.7 Å². The Morgan fingerprint density at radius 2 is 1.70 bits per heavy atom. The zero-order valence-electron chi connectivity index (χ0n) is 20.3. The van der Waals surface area contributed by atoms with Crippen LogP contribution in [-0.2, 0) is 0 Å². The van der Waals surface area contributed by atoms with Gasteiger partial charge in [-0.25, -0.2) is 4.98 Å². The van der Waals surface area contributed by atoms with Crippen LogP contribution in [0.4, 0.5) is 0 Å². The van der Waals surface area contributed by atoms with Crippen LogP contribution in [0.3, 0.4) is 0 Å². The highest BCUT2D eigenvalue weighted by atomic mass is 16.5. The fourth-order valence-electron chi connectivity index (χ4n) is 5.34. The Morgan fingerprint density at radius 1 is 0.784 bits per heavy atom. The minimum Gasteiger partial charge on any atom is -0.489 e. The lowest BCUT2D eigenvalue weighted by atomic mass is 9.98. The molecule has 1 fully saturated rings. The van der Waals surface area contributed by atoms with E-state index in [4.69, 9.17) is 4.74 Å². The zero-order chi connectivity index (χ0) is 24.6. The molecule has 5 heterocycles. The van der Waals surface area contributed by atoms with Crippen molar-refractivity contribution in [1.29, 1.82) is 0 Å². The van der Waals surface area contributed by atoms with Crippen molar-refractivity contribution in [2.75, 3.05) is 0 Å². The van der Waals surface area contributed by atoms with Gasteiger partial charge in [-0.2, -0.15) is 5.10 Å². The third-order valence-electron chi connectivity index (χ3n) is 7.22. The van der Waals surface area contributed by atoms with Crippen molar-refractivity contribution in [3.8, 4) is 39.4 Å². The summed E-state index contributed by atoms with van der Waals surface area (Å²) in [5.41, 5.74) is 7.80. The molecule has 1 saturated carbocycles. The first-order valence-corrected chi connectivity index (χ1v) is 12.8. The van der Waals surface area contributed by atoms with Crippen molar-refractivity contribution in [2.45, 2.75) is 38.2 Å². The molecule has 0 bridgehead atoms. The first kappa shape index (κ1) is 21.7. The van der Waals surface area contributed by atoms with Crippen LogP contribution in [0.5, 0.6) is 5.75 Å². The summed E-state index contributed by atoms with van der Waals surface area (Å²) in [5, 5.41) is 9.91. The highest BCUT2D eigenvalue weighted by Crippen LogP contribution is 2.35. The van der Waals surface area contributed by atoms with E-state index in [0.29, 0.717) is 6.10 Å². The van der Waals surface area contributed by atoms with Gasteiger partial charge in [0.2, 0.25) is 0 Å². The molecule has 0 aliphatic heterocycles. The minimum atomic E-state index is 0.293. The number of nitrogens with zero attached hydrogens (tertiary/aromatic N) is 4. The lowest BCUT2D eigenvalue weighted by molar-refractivity contribution is 0.154. The number of ether oxygens (including phenoxy) is 1. The molecular weight excluding hydrogens is 460 g/mol. The molecule has 7 nitrogen and oxygen atoms in total. The Kier molecular flexibility index (Phi) is 5.39. The Balaban J connectivity index is 1.26. The number of nitrogens with one attached hydrogen (secondary N) is 2. The van der Waals surface area contributed by atoms with E-state index < -0.39 is 0 Å². The second-order valence-electron chi connectivity index (χ2n) is 9.67. The smallest absolute Gasteiger partial charge is 0.138 e. The van der Waals surface area contributed by atoms with Gasteiger partial charge in [0.25, 0.3) is 0 Å². The van der Waals surface area contributed by atoms with Crippen LogP contribution in [-0.4, -0.2) is 36.2 Å². The zero-order valence-corrected chi connectivity index (χ0v) is 20.3. The Hall–Kier alpha value is -4.52. The highest BCUT2D eigenvalue weighted by Gasteiger charge is 2.17. The van der Waals surface area contributed by atoms with Gasteiger partial charge < -0.3 is 9.72 Å². The van der Waals surface area contributed by atoms with Crippen molar-refractivity contribution in [3.05, 3.63) is 79.5 Å². The number of aromatic nitrogens is 6. The number of pyridine rings is 3. The SMILES string of the molecule is c1cncc(-c2ccnc3[nH]c(-c4n[nH]c5ccc(-c6cncc(OC7CCCCC7)c6)cc45)cc23)c1. The molecule has 6 aromatic rings. The number of H-pyrrole nitrogens is 2. The normalized spacial score (nSPS) is 14.4. The molecule has 37 heavy (non-hydrogen) atoms. The monoisotopic (exact) mass is 486 g/mol. The molecule has 0 amide bonds. The first-order chi connectivity index (χ1) is 18.3. The third kappa shape index (κ3) is 4.12. The molecule has 7 rings (SSSR count). The van der Waals surface area contributed by atoms with Gasteiger partial charge in [-0.05, 0) is 73.2 Å². The van der Waals surface area contributed by atoms with Crippen LogP contribution in [0.1, 0.15) is 32.1 Å². The van der Waals surface area contributed by atoms with E-state index in [0.717, 1.165) is 74.2 Å². The van der Waals surface area contributed by atoms with E-state index in [9.17, 15) is 0 Å². The molecule has 0 spiro atoms. The van der Waals surface area contributed by atoms with Crippen LogP contribution >= 0.6 is 0 Å². The number of hydrogen-bond acceptors (Lipinski definition) is 5. The molecule has 0 saturated heterocycles. The van der Waals surface area contributed by atoms with Gasteiger partial charge in [-0.1, -0.05) is 18.6 Å². The Bertz CT molecular complexity index is 1700. The van der Waals surface area contributed by atoms with Gasteiger partial charge in [0.1, 0.15) is 17.1 Å². The molecule has 5 aromatic heterocycles. The van der Waals surface area contributed by atoms with Gasteiger partial charge >= 0.3 is 0 Å². The summed E-state index contributed by atoms with van der Waals surface area (Å²) in [4.78, 5) is 16.8. The van der Waals surface area contributed by atoms with Crippen LogP contribution < -0.4 is 4.74 Å². The summed E-state index contributed by atoms with van der Waals surface area (Å²) in [7, 11) is 0. The Labute approximate surface area is 214 Å². The minimum absolute atomic E-state index is 0.293. The maximum atomic E-state index is 6.27. The summed E-state index contributed by atoms with van der Waals surface area (Å²) in [6.45, 7) is 0. The molecule has 7 heteroatoms. The van der Waals surface area contributed by atoms with Gasteiger partial charge in [0.15, 0.2) is 0 Å². The van der Waals surface area contributed by atoms with E-state index in [2.05, 4.69) is 66.5 Å². The summed E-state index contributed by atoms with van der Waals surface area (Å²) in [5.74, 6) is 0.835. The average Bonchev–Trinajstić information content (AvgIpc) is 3.58. The molecule has 2 N–H and O–H groups in total. The second kappa shape index (κ2) is 9.17. The topological polar surface area (TPSA) is 92.4 Å². The standard InChI is InChI=1S/C30H26N6O/c1-2-6-22(7-3-1)37-23-13-21(17-32-18-23)19-8-9-27-26(14-19)29(36-35-27)28-15-25-24(10-12-33-30(25)34-28)20-5-4-11-31-16-20/h4-5,8-18,22H,1-3,6-7H2,(H,33,34)(H,35,36). The number of benzene rings is 1. The molecule has 0 atom stereocenters. The fourth-order valence-corrected chi connectivity index (χ4v) is 5.34. The van der Waals surface area contributed by atoms with E-state index in [1.807, 2.05) is 36.9 Å². The molecule has 1 aromatic carbocycles. The summed E-state index contributed by atoms with van der Waals surface area (Å²) < 4.78 is 6.27. The lowest BCUT2D eigenvalue weighted by Crippen LogP contribution is -2.19. The molecular formula is C30H26N6O. The largest absolute Gasteiger partial charge is 0.489 e. The highest BCUT2D eigenvalue weighted by molar-refractivity contribution is 6.00. The maximum absolute atomic E-state index is 6.27. The molecule has 182 valence electrons. The van der Waals surface area contributed by atoms with E-state index >= 15 is 0 Å². The van der Waals surface area contributed by atoms with Crippen LogP contribution in [0, 0.1) is 0 Å². The van der Waals surface area contributed by atoms with Gasteiger partial charge in [-0.15, -0.1) is 0 Å². The van der Waals surface area contributed by atoms with E-state index in [1.165, 1.54) is 19.3 Å². The van der Waals surface area contributed by atoms with Crippen molar-refractivity contribution in [1.82, 2.24) is 30.1 Å². The number of rotatable bonds is 5. The van der Waals surface area contributed by atoms with Crippen LogP contribution in [0.15, 0.2) is 79.5 Å². The first-order valence-electron chi connectivity index (χ1n) is 12.8. The molecule has 0 radical (unpaired) electrons. The van der Waals surface area contributed by atoms with Crippen molar-refractivity contribution >= 4 is 21.9 Å². The summed E-state index contributed by atoms with van der Waals surface area (Å²) >= 11 is 0. The fraction of sp³-hybridized carbons (Fsp3) is 0.200.